The summed E-state index contributed by atoms with van der Waals surface area (Å²) in [6.07, 6.45) is -15.3. The Bertz CT molecular complexity index is 2780. The molecular formula is C61H78N6O20S2. The van der Waals surface area contributed by atoms with Crippen molar-refractivity contribution >= 4 is 70.9 Å². The Balaban J connectivity index is 0.847. The van der Waals surface area contributed by atoms with Gasteiger partial charge in [-0.15, -0.1) is 0 Å². The first-order valence-electron chi connectivity index (χ1n) is 28.8. The van der Waals surface area contributed by atoms with E-state index in [1.54, 1.807) is 48.5 Å². The minimum atomic E-state index is -2.50. The highest BCUT2D eigenvalue weighted by Gasteiger charge is 2.57. The number of carbonyl (C=O) groups is 8. The van der Waals surface area contributed by atoms with Crippen LogP contribution in [0.2, 0.25) is 0 Å². The van der Waals surface area contributed by atoms with Crippen LogP contribution in [-0.2, 0) is 47.7 Å². The lowest BCUT2D eigenvalue weighted by Gasteiger charge is -2.46. The molecule has 2 aliphatic rings. The summed E-state index contributed by atoms with van der Waals surface area (Å²) in [4.78, 5) is 100. The average Bonchev–Trinajstić information content (AvgIpc) is 0.899. The number of aliphatic hydroxyl groups is 6. The van der Waals surface area contributed by atoms with Crippen LogP contribution in [0.25, 0.3) is 22.3 Å². The van der Waals surface area contributed by atoms with Crippen LogP contribution in [-0.4, -0.2) is 223 Å². The second-order valence-electron chi connectivity index (χ2n) is 21.2. The maximum Gasteiger partial charge on any atom is 0.364 e. The number of hydrogen-bond donors (Lipinski definition) is 14. The van der Waals surface area contributed by atoms with Crippen LogP contribution in [0.5, 0.6) is 0 Å². The number of amides is 6. The van der Waals surface area contributed by atoms with Crippen molar-refractivity contribution in [1.29, 1.82) is 0 Å². The number of aliphatic carboxylic acids is 2. The third-order valence-electron chi connectivity index (χ3n) is 14.4. The van der Waals surface area contributed by atoms with Gasteiger partial charge in [0.1, 0.15) is 30.8 Å². The Morgan fingerprint density at radius 2 is 0.865 bits per heavy atom. The van der Waals surface area contributed by atoms with E-state index in [4.69, 9.17) is 18.9 Å². The molecule has 4 aromatic rings. The Labute approximate surface area is 522 Å². The summed E-state index contributed by atoms with van der Waals surface area (Å²) in [5.74, 6) is -10.1. The third-order valence-corrected chi connectivity index (χ3v) is 16.6. The molecule has 4 aromatic carbocycles. The number of carboxylic acid groups (broad SMARTS) is 2. The number of hydrogen-bond acceptors (Lipinski definition) is 20. The molecule has 2 aliphatic heterocycles. The largest absolute Gasteiger partial charge is 0.477 e. The Morgan fingerprint density at radius 3 is 1.20 bits per heavy atom. The lowest BCUT2D eigenvalue weighted by molar-refractivity contribution is -0.310. The molecule has 12 atom stereocenters. The minimum absolute atomic E-state index is 0.190. The lowest BCUT2D eigenvalue weighted by atomic mass is 9.88. The van der Waals surface area contributed by atoms with Gasteiger partial charge in [-0.1, -0.05) is 84.9 Å². The monoisotopic (exact) mass is 1280 g/mol. The molecule has 14 N–H and O–H groups in total. The van der Waals surface area contributed by atoms with Crippen molar-refractivity contribution < 1.29 is 98.2 Å². The SMILES string of the molecule is CC(=O)N[C@@H]1[C@@H](O)C[C@](OCCCSCCNC(=O)CC(=O)NCCSCCCO[C@]2(C(=O)O)C[C@H](O)[C@@H](NC(C)=O)[C@H](C(O)[C@H](O)CNC(=O)c3ccc(-c4ccccc4)cc3)O2)(C(=O)O)O[C@H]1C(O)[C@H](O)CNC(=O)c1ccc(-c2ccccc2)cc1. The molecule has 484 valence electrons. The van der Waals surface area contributed by atoms with Gasteiger partial charge in [-0.3, -0.25) is 28.8 Å². The van der Waals surface area contributed by atoms with E-state index in [1.807, 2.05) is 60.7 Å². The van der Waals surface area contributed by atoms with Gasteiger partial charge < -0.3 is 91.7 Å². The zero-order chi connectivity index (χ0) is 64.7. The number of rotatable bonds is 34. The van der Waals surface area contributed by atoms with E-state index in [9.17, 15) is 79.2 Å². The van der Waals surface area contributed by atoms with Crippen molar-refractivity contribution in [3.8, 4) is 22.3 Å². The van der Waals surface area contributed by atoms with Gasteiger partial charge >= 0.3 is 11.9 Å². The molecule has 0 aromatic heterocycles. The molecule has 6 rings (SSSR count). The highest BCUT2D eigenvalue weighted by Crippen LogP contribution is 2.36. The molecule has 2 unspecified atom stereocenters. The highest BCUT2D eigenvalue weighted by molar-refractivity contribution is 7.99. The Kier molecular flexibility index (Phi) is 27.8. The molecule has 0 radical (unpaired) electrons. The van der Waals surface area contributed by atoms with Crippen molar-refractivity contribution in [2.75, 3.05) is 62.4 Å². The van der Waals surface area contributed by atoms with Gasteiger partial charge in [0.2, 0.25) is 23.6 Å². The van der Waals surface area contributed by atoms with Crippen LogP contribution in [0.4, 0.5) is 0 Å². The summed E-state index contributed by atoms with van der Waals surface area (Å²) in [5, 5.41) is 103. The van der Waals surface area contributed by atoms with Crippen molar-refractivity contribution in [3.63, 3.8) is 0 Å². The average molecular weight is 1280 g/mol. The number of aliphatic hydroxyl groups excluding tert-OH is 6. The van der Waals surface area contributed by atoms with Gasteiger partial charge in [-0.05, 0) is 70.9 Å². The molecule has 26 nitrogen and oxygen atoms in total. The van der Waals surface area contributed by atoms with Gasteiger partial charge in [-0.25, -0.2) is 9.59 Å². The van der Waals surface area contributed by atoms with Gasteiger partial charge in [0.05, 0.1) is 49.7 Å². The molecule has 0 aliphatic carbocycles. The zero-order valence-electron chi connectivity index (χ0n) is 49.1. The molecule has 6 amide bonds. The van der Waals surface area contributed by atoms with E-state index < -0.39 is 152 Å². The first kappa shape index (κ1) is 71.0. The summed E-state index contributed by atoms with van der Waals surface area (Å²) >= 11 is 2.76. The Morgan fingerprint density at radius 1 is 0.517 bits per heavy atom. The fourth-order valence-corrected chi connectivity index (χ4v) is 11.4. The van der Waals surface area contributed by atoms with E-state index in [-0.39, 0.29) is 50.3 Å². The predicted molar refractivity (Wildman–Crippen MR) is 326 cm³/mol. The second-order valence-corrected chi connectivity index (χ2v) is 23.7. The van der Waals surface area contributed by atoms with Crippen molar-refractivity contribution in [2.24, 2.45) is 0 Å². The first-order chi connectivity index (χ1) is 42.5. The topological polar surface area (TPSA) is 408 Å². The highest BCUT2D eigenvalue weighted by atomic mass is 32.2. The quantitative estimate of drug-likeness (QED) is 0.0222. The number of ether oxygens (including phenoxy) is 4. The molecule has 0 bridgehead atoms. The Hall–Kier alpha value is -7.06. The van der Waals surface area contributed by atoms with Gasteiger partial charge in [-0.2, -0.15) is 23.5 Å². The number of thioether (sulfide) groups is 2. The summed E-state index contributed by atoms with van der Waals surface area (Å²) in [6, 6.07) is 29.6. The summed E-state index contributed by atoms with van der Waals surface area (Å²) in [7, 11) is 0. The molecule has 0 saturated carbocycles. The summed E-state index contributed by atoms with van der Waals surface area (Å²) < 4.78 is 23.0. The predicted octanol–water partition coefficient (Wildman–Crippen LogP) is 0.397. The van der Waals surface area contributed by atoms with Crippen LogP contribution in [0, 0.1) is 0 Å². The van der Waals surface area contributed by atoms with Crippen LogP contribution >= 0.6 is 23.5 Å². The van der Waals surface area contributed by atoms with E-state index in [0.717, 1.165) is 36.1 Å². The van der Waals surface area contributed by atoms with E-state index >= 15 is 0 Å². The van der Waals surface area contributed by atoms with Crippen LogP contribution in [0.1, 0.15) is 66.7 Å². The van der Waals surface area contributed by atoms with Crippen molar-refractivity contribution in [1.82, 2.24) is 31.9 Å². The molecule has 2 fully saturated rings. The maximum atomic E-state index is 13.0. The van der Waals surface area contributed by atoms with Crippen LogP contribution in [0.15, 0.2) is 109 Å². The van der Waals surface area contributed by atoms with Gasteiger partial charge in [0, 0.05) is 75.5 Å². The summed E-state index contributed by atoms with van der Waals surface area (Å²) in [6.45, 7) is 1.23. The fourth-order valence-electron chi connectivity index (χ4n) is 9.86. The van der Waals surface area contributed by atoms with Crippen molar-refractivity contribution in [3.05, 3.63) is 120 Å². The lowest BCUT2D eigenvalue weighted by Crippen LogP contribution is -2.68. The number of benzene rings is 4. The summed E-state index contributed by atoms with van der Waals surface area (Å²) in [5.41, 5.74) is 4.14. The molecule has 2 saturated heterocycles. The van der Waals surface area contributed by atoms with E-state index in [2.05, 4.69) is 31.9 Å². The van der Waals surface area contributed by atoms with Crippen molar-refractivity contribution in [2.45, 2.75) is 118 Å². The third kappa shape index (κ3) is 21.0. The smallest absolute Gasteiger partial charge is 0.364 e. The van der Waals surface area contributed by atoms with Gasteiger partial charge in [0.25, 0.3) is 23.4 Å². The second kappa shape index (κ2) is 34.8. The number of carbonyl (C=O) groups excluding carboxylic acids is 6. The van der Waals surface area contributed by atoms with E-state index in [1.165, 1.54) is 23.5 Å². The molecule has 28 heteroatoms. The van der Waals surface area contributed by atoms with E-state index in [0.29, 0.717) is 23.0 Å². The van der Waals surface area contributed by atoms with Crippen LogP contribution < -0.4 is 31.9 Å². The van der Waals surface area contributed by atoms with Gasteiger partial charge in [0.15, 0.2) is 0 Å². The standard InChI is InChI=1S/C61H78N6O20S2/c1-36(68)66-50-44(70)32-60(58(80)81,86-54(50)52(76)46(72)34-64-56(78)42-19-15-40(16-20-42)38-11-5-3-6-12-38)84-25-9-27-88-29-23-62-48(74)31-49(75)63-24-30-89-28-10-26-85-61(59(82)83)33-45(71)51(67-37(2)69)55(87-61)53(77)47(73)35-65-57(79)43-21-17-41(18-22-43)39-13-7-4-8-14-39/h3-8,11-22,44-47,50-55,70-73,76-77H,9-10,23-35H2,1-2H3,(H,62,74)(H,63,75)(H,64,78)(H,65,79)(H,66,68)(H,67,69)(H,80,81)(H,82,83)/t44-,45-,46+,47+,50+,51+,52?,53?,54+,55+,60+,61+/m0/s1. The normalized spacial score (nSPS) is 22.9. The first-order valence-corrected chi connectivity index (χ1v) is 31.1. The van der Waals surface area contributed by atoms with Crippen LogP contribution in [0.3, 0.4) is 0 Å². The minimum Gasteiger partial charge on any atom is -0.477 e. The molecular weight excluding hydrogens is 1200 g/mol. The molecule has 0 spiro atoms. The number of carboxylic acids is 2. The maximum absolute atomic E-state index is 13.0. The molecule has 89 heavy (non-hydrogen) atoms. The molecule has 2 heterocycles. The number of nitrogens with one attached hydrogen (secondary N) is 6. The zero-order valence-corrected chi connectivity index (χ0v) is 50.7. The fraction of sp³-hybridized carbons (Fsp3) is 0.475.